The minimum absolute atomic E-state index is 0.248. The van der Waals surface area contributed by atoms with E-state index in [2.05, 4.69) is 20.8 Å². The van der Waals surface area contributed by atoms with Gasteiger partial charge in [0.25, 0.3) is 5.91 Å². The zero-order valence-corrected chi connectivity index (χ0v) is 13.5. The smallest absolute Gasteiger partial charge is 0.265 e. The van der Waals surface area contributed by atoms with Crippen molar-refractivity contribution in [2.75, 3.05) is 5.32 Å². The Morgan fingerprint density at radius 2 is 1.88 bits per heavy atom. The number of hydrogen-bond acceptors (Lipinski definition) is 5. The van der Waals surface area contributed by atoms with Gasteiger partial charge in [0.1, 0.15) is 12.1 Å². The van der Waals surface area contributed by atoms with Crippen molar-refractivity contribution in [2.24, 2.45) is 0 Å². The van der Waals surface area contributed by atoms with Crippen molar-refractivity contribution in [1.29, 1.82) is 0 Å². The Hall–Kier alpha value is -2.93. The molecule has 1 heterocycles. The maximum atomic E-state index is 12.2. The number of nitrogens with one attached hydrogen (secondary N) is 1. The van der Waals surface area contributed by atoms with E-state index < -0.39 is 6.10 Å². The van der Waals surface area contributed by atoms with Gasteiger partial charge in [0.2, 0.25) is 0 Å². The van der Waals surface area contributed by atoms with Gasteiger partial charge in [-0.3, -0.25) is 4.79 Å². The van der Waals surface area contributed by atoms with Crippen LogP contribution in [0.5, 0.6) is 5.75 Å². The Kier molecular flexibility index (Phi) is 4.72. The maximum Gasteiger partial charge on any atom is 0.265 e. The number of carbonyl (C=O) groups is 1. The number of halogens is 1. The number of rotatable bonds is 5. The van der Waals surface area contributed by atoms with Crippen LogP contribution >= 0.6 is 11.6 Å². The first kappa shape index (κ1) is 15.9. The van der Waals surface area contributed by atoms with Crippen LogP contribution in [-0.4, -0.2) is 32.2 Å². The van der Waals surface area contributed by atoms with Gasteiger partial charge in [-0.25, -0.2) is 4.68 Å². The fourth-order valence-corrected chi connectivity index (χ4v) is 2.12. The number of benzene rings is 2. The highest BCUT2D eigenvalue weighted by molar-refractivity contribution is 6.30. The van der Waals surface area contributed by atoms with Gasteiger partial charge in [0.05, 0.1) is 5.69 Å². The van der Waals surface area contributed by atoms with Crippen molar-refractivity contribution in [1.82, 2.24) is 20.2 Å². The predicted octanol–water partition coefficient (Wildman–Crippen LogP) is 2.72. The monoisotopic (exact) mass is 343 g/mol. The number of nitrogens with zero attached hydrogens (tertiary/aromatic N) is 4. The zero-order valence-electron chi connectivity index (χ0n) is 12.8. The third kappa shape index (κ3) is 3.88. The predicted molar refractivity (Wildman–Crippen MR) is 89.3 cm³/mol. The minimum Gasteiger partial charge on any atom is -0.481 e. The lowest BCUT2D eigenvalue weighted by atomic mass is 10.3. The summed E-state index contributed by atoms with van der Waals surface area (Å²) < 4.78 is 7.17. The number of hydrogen-bond donors (Lipinski definition) is 1. The molecule has 0 spiro atoms. The average molecular weight is 344 g/mol. The molecule has 1 amide bonds. The number of ether oxygens (including phenoxy) is 1. The minimum atomic E-state index is -0.653. The molecule has 0 fully saturated rings. The first-order valence-corrected chi connectivity index (χ1v) is 7.56. The van der Waals surface area contributed by atoms with E-state index in [1.165, 1.54) is 11.0 Å². The van der Waals surface area contributed by atoms with Crippen LogP contribution in [-0.2, 0) is 4.79 Å². The van der Waals surface area contributed by atoms with Gasteiger partial charge in [-0.05, 0) is 65.9 Å². The summed E-state index contributed by atoms with van der Waals surface area (Å²) in [6, 6.07) is 14.0. The van der Waals surface area contributed by atoms with Crippen LogP contribution in [0.1, 0.15) is 6.92 Å². The van der Waals surface area contributed by atoms with E-state index in [0.717, 1.165) is 5.69 Å². The zero-order chi connectivity index (χ0) is 16.9. The Morgan fingerprint density at radius 1 is 1.17 bits per heavy atom. The van der Waals surface area contributed by atoms with Crippen LogP contribution in [0.25, 0.3) is 5.69 Å². The van der Waals surface area contributed by atoms with Crippen molar-refractivity contribution in [3.63, 3.8) is 0 Å². The number of anilines is 1. The van der Waals surface area contributed by atoms with Gasteiger partial charge in [0.15, 0.2) is 6.10 Å². The molecule has 0 radical (unpaired) electrons. The molecule has 0 aliphatic carbocycles. The van der Waals surface area contributed by atoms with Crippen molar-refractivity contribution in [3.8, 4) is 11.4 Å². The molecule has 8 heteroatoms. The van der Waals surface area contributed by atoms with Gasteiger partial charge in [0, 0.05) is 10.7 Å². The van der Waals surface area contributed by atoms with Crippen molar-refractivity contribution < 1.29 is 9.53 Å². The van der Waals surface area contributed by atoms with Gasteiger partial charge >= 0.3 is 0 Å². The highest BCUT2D eigenvalue weighted by Crippen LogP contribution is 2.17. The molecule has 0 bridgehead atoms. The number of tetrazole rings is 1. The van der Waals surface area contributed by atoms with Gasteiger partial charge in [-0.1, -0.05) is 11.6 Å². The Balaban J connectivity index is 1.60. The molecule has 1 unspecified atom stereocenters. The standard InChI is InChI=1S/C16H14ClN5O2/c1-11(16(23)19-13-4-2-12(17)3-5-13)24-15-8-6-14(7-9-15)22-10-18-20-21-22/h2-11H,1H3,(H,19,23). The molecular formula is C16H14ClN5O2. The van der Waals surface area contributed by atoms with Gasteiger partial charge in [-0.2, -0.15) is 0 Å². The lowest BCUT2D eigenvalue weighted by Crippen LogP contribution is -2.30. The molecule has 24 heavy (non-hydrogen) atoms. The Bertz CT molecular complexity index is 803. The summed E-state index contributed by atoms with van der Waals surface area (Å²) >= 11 is 5.82. The molecule has 122 valence electrons. The third-order valence-electron chi connectivity index (χ3n) is 3.24. The Labute approximate surface area is 143 Å². The van der Waals surface area contributed by atoms with Crippen LogP contribution in [0.15, 0.2) is 54.9 Å². The quantitative estimate of drug-likeness (QED) is 0.770. The fourth-order valence-electron chi connectivity index (χ4n) is 1.99. The summed E-state index contributed by atoms with van der Waals surface area (Å²) in [5, 5.41) is 14.3. The Morgan fingerprint density at radius 3 is 2.50 bits per heavy atom. The van der Waals surface area contributed by atoms with E-state index in [4.69, 9.17) is 16.3 Å². The van der Waals surface area contributed by atoms with Gasteiger partial charge < -0.3 is 10.1 Å². The van der Waals surface area contributed by atoms with E-state index in [1.807, 2.05) is 0 Å². The second kappa shape index (κ2) is 7.10. The normalized spacial score (nSPS) is 11.8. The molecule has 0 aliphatic heterocycles. The summed E-state index contributed by atoms with van der Waals surface area (Å²) in [5.74, 6) is 0.326. The van der Waals surface area contributed by atoms with Crippen molar-refractivity contribution in [2.45, 2.75) is 13.0 Å². The number of carbonyl (C=O) groups excluding carboxylic acids is 1. The molecule has 1 N–H and O–H groups in total. The SMILES string of the molecule is CC(Oc1ccc(-n2cnnn2)cc1)C(=O)Nc1ccc(Cl)cc1. The molecule has 0 saturated heterocycles. The molecule has 1 aromatic heterocycles. The van der Waals surface area contributed by atoms with E-state index in [9.17, 15) is 4.79 Å². The average Bonchev–Trinajstić information content (AvgIpc) is 3.12. The molecule has 1 atom stereocenters. The second-order valence-electron chi connectivity index (χ2n) is 5.00. The van der Waals surface area contributed by atoms with E-state index in [0.29, 0.717) is 16.5 Å². The topological polar surface area (TPSA) is 81.9 Å². The van der Waals surface area contributed by atoms with Crippen LogP contribution in [0.2, 0.25) is 5.02 Å². The summed E-state index contributed by atoms with van der Waals surface area (Å²) in [6.07, 6.45) is 0.845. The lowest BCUT2D eigenvalue weighted by Gasteiger charge is -2.15. The van der Waals surface area contributed by atoms with Crippen LogP contribution in [0.4, 0.5) is 5.69 Å². The first-order valence-electron chi connectivity index (χ1n) is 7.18. The number of amides is 1. The maximum absolute atomic E-state index is 12.2. The first-order chi connectivity index (χ1) is 11.6. The van der Waals surface area contributed by atoms with Crippen LogP contribution in [0, 0.1) is 0 Å². The summed E-state index contributed by atoms with van der Waals surface area (Å²) in [6.45, 7) is 1.68. The van der Waals surface area contributed by atoms with E-state index in [1.54, 1.807) is 55.5 Å². The van der Waals surface area contributed by atoms with E-state index in [-0.39, 0.29) is 5.91 Å². The van der Waals surface area contributed by atoms with Crippen LogP contribution < -0.4 is 10.1 Å². The lowest BCUT2D eigenvalue weighted by molar-refractivity contribution is -0.122. The summed E-state index contributed by atoms with van der Waals surface area (Å²) in [7, 11) is 0. The van der Waals surface area contributed by atoms with Crippen molar-refractivity contribution >= 4 is 23.2 Å². The molecule has 3 rings (SSSR count). The molecule has 2 aromatic carbocycles. The molecular weight excluding hydrogens is 330 g/mol. The third-order valence-corrected chi connectivity index (χ3v) is 3.50. The van der Waals surface area contributed by atoms with E-state index >= 15 is 0 Å². The highest BCUT2D eigenvalue weighted by Gasteiger charge is 2.15. The van der Waals surface area contributed by atoms with Crippen molar-refractivity contribution in [3.05, 3.63) is 59.9 Å². The second-order valence-corrected chi connectivity index (χ2v) is 5.44. The number of aromatic nitrogens is 4. The highest BCUT2D eigenvalue weighted by atomic mass is 35.5. The summed E-state index contributed by atoms with van der Waals surface area (Å²) in [4.78, 5) is 12.2. The molecule has 0 aliphatic rings. The fraction of sp³-hybridized carbons (Fsp3) is 0.125. The van der Waals surface area contributed by atoms with Gasteiger partial charge in [-0.15, -0.1) is 5.10 Å². The summed E-state index contributed by atoms with van der Waals surface area (Å²) in [5.41, 5.74) is 1.46. The molecule has 0 saturated carbocycles. The van der Waals surface area contributed by atoms with Crippen LogP contribution in [0.3, 0.4) is 0 Å². The largest absolute Gasteiger partial charge is 0.481 e. The molecule has 7 nitrogen and oxygen atoms in total. The molecule has 3 aromatic rings.